The quantitative estimate of drug-likeness (QED) is 0.373. The van der Waals surface area contributed by atoms with Crippen molar-refractivity contribution >= 4 is 33.0 Å². The number of sulfonamides is 1. The zero-order valence-corrected chi connectivity index (χ0v) is 22.9. The molecule has 200 valence electrons. The van der Waals surface area contributed by atoms with Gasteiger partial charge in [-0.05, 0) is 53.8 Å². The van der Waals surface area contributed by atoms with Gasteiger partial charge in [-0.15, -0.1) is 0 Å². The second-order valence-electron chi connectivity index (χ2n) is 10.0. The molecule has 1 aliphatic rings. The minimum atomic E-state index is -3.91. The first kappa shape index (κ1) is 27.5. The highest BCUT2D eigenvalue weighted by atomic mass is 32.2. The molecule has 4 rings (SSSR count). The summed E-state index contributed by atoms with van der Waals surface area (Å²) in [6.45, 7) is 6.80. The number of aliphatic hydroxyl groups excluding tert-OH is 1. The normalized spacial score (nSPS) is 13.5. The predicted molar refractivity (Wildman–Crippen MR) is 149 cm³/mol. The van der Waals surface area contributed by atoms with Crippen molar-refractivity contribution in [3.8, 4) is 0 Å². The molecule has 3 aromatic carbocycles. The van der Waals surface area contributed by atoms with Crippen LogP contribution in [0.2, 0.25) is 0 Å². The van der Waals surface area contributed by atoms with Gasteiger partial charge in [-0.1, -0.05) is 57.2 Å². The van der Waals surface area contributed by atoms with E-state index in [4.69, 9.17) is 5.11 Å². The number of hydrogen-bond acceptors (Lipinski definition) is 6. The van der Waals surface area contributed by atoms with Crippen LogP contribution in [0.1, 0.15) is 59.0 Å². The number of aliphatic hydroxyl groups is 1. The fourth-order valence-corrected chi connectivity index (χ4v) is 6.29. The molecule has 0 amide bonds. The van der Waals surface area contributed by atoms with Crippen LogP contribution in [-0.2, 0) is 23.0 Å². The minimum absolute atomic E-state index is 0.0834. The van der Waals surface area contributed by atoms with Gasteiger partial charge in [0.05, 0.1) is 10.6 Å². The van der Waals surface area contributed by atoms with Crippen molar-refractivity contribution in [2.24, 2.45) is 5.92 Å². The number of nitrogens with zero attached hydrogens (tertiary/aromatic N) is 2. The molecule has 0 saturated heterocycles. The first-order valence-electron chi connectivity index (χ1n) is 12.9. The van der Waals surface area contributed by atoms with Crippen LogP contribution in [0.3, 0.4) is 0 Å². The lowest BCUT2D eigenvalue weighted by atomic mass is 9.99. The number of fused-ring (bicyclic) bond motifs is 1. The molecule has 0 fully saturated rings. The van der Waals surface area contributed by atoms with Crippen molar-refractivity contribution in [3.05, 3.63) is 89.0 Å². The SMILES string of the molecule is CCc1ccc(N(CC(C)C)S(=O)(=O)c2ccc3c(c2)C(=O)CCN3Cc2ccc(C(=O)CO)cc2)cc1. The minimum Gasteiger partial charge on any atom is -0.388 e. The van der Waals surface area contributed by atoms with E-state index in [1.165, 1.54) is 10.4 Å². The number of ketones is 2. The zero-order valence-electron chi connectivity index (χ0n) is 22.1. The van der Waals surface area contributed by atoms with E-state index in [1.54, 1.807) is 24.3 Å². The molecule has 0 atom stereocenters. The van der Waals surface area contributed by atoms with Gasteiger partial charge in [0.1, 0.15) is 6.61 Å². The maximum absolute atomic E-state index is 13.9. The Morgan fingerprint density at radius 2 is 1.66 bits per heavy atom. The number of aryl methyl sites for hydroxylation is 1. The maximum atomic E-state index is 13.9. The third-order valence-electron chi connectivity index (χ3n) is 6.76. The Morgan fingerprint density at radius 3 is 2.26 bits per heavy atom. The molecule has 1 aliphatic heterocycles. The lowest BCUT2D eigenvalue weighted by Crippen LogP contribution is -2.35. The molecule has 0 aliphatic carbocycles. The monoisotopic (exact) mass is 534 g/mol. The van der Waals surface area contributed by atoms with Crippen LogP contribution < -0.4 is 9.21 Å². The van der Waals surface area contributed by atoms with Crippen molar-refractivity contribution < 1.29 is 23.1 Å². The molecule has 8 heteroatoms. The lowest BCUT2D eigenvalue weighted by molar-refractivity contribution is 0.0903. The predicted octanol–water partition coefficient (Wildman–Crippen LogP) is 4.87. The van der Waals surface area contributed by atoms with Gasteiger partial charge in [-0.3, -0.25) is 13.9 Å². The molecule has 0 unspecified atom stereocenters. The van der Waals surface area contributed by atoms with Crippen LogP contribution in [0.4, 0.5) is 11.4 Å². The number of benzene rings is 3. The smallest absolute Gasteiger partial charge is 0.264 e. The van der Waals surface area contributed by atoms with Crippen LogP contribution in [-0.4, -0.2) is 44.8 Å². The Kier molecular flexibility index (Phi) is 8.33. The van der Waals surface area contributed by atoms with E-state index in [9.17, 15) is 18.0 Å². The Hall–Kier alpha value is -3.49. The molecule has 38 heavy (non-hydrogen) atoms. The van der Waals surface area contributed by atoms with Gasteiger partial charge in [0.15, 0.2) is 11.6 Å². The van der Waals surface area contributed by atoms with Gasteiger partial charge < -0.3 is 10.0 Å². The van der Waals surface area contributed by atoms with E-state index in [0.717, 1.165) is 17.5 Å². The Balaban J connectivity index is 1.65. The first-order chi connectivity index (χ1) is 18.1. The van der Waals surface area contributed by atoms with E-state index >= 15 is 0 Å². The summed E-state index contributed by atoms with van der Waals surface area (Å²) >= 11 is 0. The molecule has 0 bridgehead atoms. The number of Topliss-reactive ketones (excluding diaryl/α,β-unsaturated/α-hetero) is 2. The fraction of sp³-hybridized carbons (Fsp3) is 0.333. The number of anilines is 2. The summed E-state index contributed by atoms with van der Waals surface area (Å²) in [4.78, 5) is 26.8. The molecule has 3 aromatic rings. The maximum Gasteiger partial charge on any atom is 0.264 e. The highest BCUT2D eigenvalue weighted by Gasteiger charge is 2.30. The number of hydrogen-bond donors (Lipinski definition) is 1. The van der Waals surface area contributed by atoms with E-state index in [1.807, 2.05) is 55.1 Å². The second-order valence-corrected chi connectivity index (χ2v) is 11.9. The second kappa shape index (κ2) is 11.5. The van der Waals surface area contributed by atoms with Gasteiger partial charge in [-0.2, -0.15) is 0 Å². The average molecular weight is 535 g/mol. The van der Waals surface area contributed by atoms with Crippen molar-refractivity contribution in [3.63, 3.8) is 0 Å². The Bertz CT molecular complexity index is 1410. The van der Waals surface area contributed by atoms with Crippen molar-refractivity contribution in [1.82, 2.24) is 0 Å². The Labute approximate surface area is 224 Å². The topological polar surface area (TPSA) is 95.0 Å². The summed E-state index contributed by atoms with van der Waals surface area (Å²) in [5.41, 5.74) is 4.20. The fourth-order valence-electron chi connectivity index (χ4n) is 4.64. The largest absolute Gasteiger partial charge is 0.388 e. The zero-order chi connectivity index (χ0) is 27.4. The number of carbonyl (C=O) groups is 2. The van der Waals surface area contributed by atoms with Crippen LogP contribution in [0, 0.1) is 5.92 Å². The van der Waals surface area contributed by atoms with Crippen LogP contribution in [0.15, 0.2) is 71.6 Å². The average Bonchev–Trinajstić information content (AvgIpc) is 2.93. The molecular weight excluding hydrogens is 500 g/mol. The third-order valence-corrected chi connectivity index (χ3v) is 8.55. The highest BCUT2D eigenvalue weighted by Crippen LogP contribution is 2.33. The molecule has 0 aromatic heterocycles. The highest BCUT2D eigenvalue weighted by molar-refractivity contribution is 7.92. The third kappa shape index (κ3) is 5.81. The first-order valence-corrected chi connectivity index (χ1v) is 14.3. The summed E-state index contributed by atoms with van der Waals surface area (Å²) in [5, 5.41) is 9.06. The van der Waals surface area contributed by atoms with Gasteiger partial charge in [0, 0.05) is 42.9 Å². The van der Waals surface area contributed by atoms with Gasteiger partial charge in [0.2, 0.25) is 0 Å². The van der Waals surface area contributed by atoms with E-state index < -0.39 is 16.6 Å². The van der Waals surface area contributed by atoms with Gasteiger partial charge >= 0.3 is 0 Å². The van der Waals surface area contributed by atoms with Crippen molar-refractivity contribution in [2.45, 2.75) is 45.1 Å². The van der Waals surface area contributed by atoms with Crippen molar-refractivity contribution in [1.29, 1.82) is 0 Å². The van der Waals surface area contributed by atoms with Crippen LogP contribution in [0.25, 0.3) is 0 Å². The molecule has 0 radical (unpaired) electrons. The Morgan fingerprint density at radius 1 is 1.00 bits per heavy atom. The standard InChI is InChI=1S/C30H34N2O5S/c1-4-22-7-11-25(12-8-22)32(18-21(2)3)38(36,37)26-13-14-28-27(17-26)29(34)15-16-31(28)19-23-5-9-24(10-6-23)30(35)20-33/h5-14,17,21,33H,4,15-16,18-20H2,1-3H3. The summed E-state index contributed by atoms with van der Waals surface area (Å²) < 4.78 is 29.1. The van der Waals surface area contributed by atoms with E-state index in [-0.39, 0.29) is 28.8 Å². The van der Waals surface area contributed by atoms with E-state index in [0.29, 0.717) is 42.1 Å². The van der Waals surface area contributed by atoms with Crippen molar-refractivity contribution in [2.75, 3.05) is 28.9 Å². The molecule has 1 heterocycles. The summed E-state index contributed by atoms with van der Waals surface area (Å²) in [6.07, 6.45) is 1.15. The molecule has 0 spiro atoms. The summed E-state index contributed by atoms with van der Waals surface area (Å²) in [5.74, 6) is -0.323. The summed E-state index contributed by atoms with van der Waals surface area (Å²) in [6, 6.07) is 19.4. The molecule has 7 nitrogen and oxygen atoms in total. The number of rotatable bonds is 10. The van der Waals surface area contributed by atoms with Crippen LogP contribution >= 0.6 is 0 Å². The number of carbonyl (C=O) groups excluding carboxylic acids is 2. The van der Waals surface area contributed by atoms with Crippen LogP contribution in [0.5, 0.6) is 0 Å². The van der Waals surface area contributed by atoms with E-state index in [2.05, 4.69) is 6.92 Å². The molecular formula is C30H34N2O5S. The van der Waals surface area contributed by atoms with Gasteiger partial charge in [-0.25, -0.2) is 8.42 Å². The summed E-state index contributed by atoms with van der Waals surface area (Å²) in [7, 11) is -3.91. The van der Waals surface area contributed by atoms with Gasteiger partial charge in [0.25, 0.3) is 10.0 Å². The molecule has 0 saturated carbocycles. The lowest BCUT2D eigenvalue weighted by Gasteiger charge is -2.32. The molecule has 1 N–H and O–H groups in total.